The molecular formula is C16H15NS. The zero-order valence-corrected chi connectivity index (χ0v) is 11.0. The molecule has 0 radical (unpaired) electrons. The molecular weight excluding hydrogens is 238 g/mol. The van der Waals surface area contributed by atoms with Gasteiger partial charge < -0.3 is 0 Å². The number of hydrogen-bond donors (Lipinski definition) is 0. The van der Waals surface area contributed by atoms with E-state index in [0.717, 1.165) is 25.7 Å². The molecule has 0 N–H and O–H groups in total. The SMILES string of the molecule is N#CC1(Cc2ccsc2)CCCc2ccccc21. The Morgan fingerprint density at radius 2 is 2.17 bits per heavy atom. The van der Waals surface area contributed by atoms with E-state index in [2.05, 4.69) is 47.2 Å². The minimum atomic E-state index is -0.310. The Morgan fingerprint density at radius 1 is 1.28 bits per heavy atom. The Hall–Kier alpha value is -1.59. The number of thiophene rings is 1. The Bertz CT molecular complexity index is 579. The minimum absolute atomic E-state index is 0.310. The predicted octanol–water partition coefficient (Wildman–Crippen LogP) is 4.09. The van der Waals surface area contributed by atoms with Gasteiger partial charge in [-0.25, -0.2) is 0 Å². The van der Waals surface area contributed by atoms with Crippen LogP contribution in [0.2, 0.25) is 0 Å². The summed E-state index contributed by atoms with van der Waals surface area (Å²) in [7, 11) is 0. The second kappa shape index (κ2) is 4.59. The average Bonchev–Trinajstić information content (AvgIpc) is 2.92. The Labute approximate surface area is 112 Å². The number of nitriles is 1. The third-order valence-electron chi connectivity index (χ3n) is 3.88. The first kappa shape index (κ1) is 11.5. The van der Waals surface area contributed by atoms with Crippen molar-refractivity contribution >= 4 is 11.3 Å². The van der Waals surface area contributed by atoms with Gasteiger partial charge in [-0.1, -0.05) is 24.3 Å². The fourth-order valence-electron chi connectivity index (χ4n) is 3.00. The van der Waals surface area contributed by atoms with Crippen molar-refractivity contribution in [1.29, 1.82) is 5.26 Å². The van der Waals surface area contributed by atoms with E-state index >= 15 is 0 Å². The normalized spacial score (nSPS) is 22.2. The van der Waals surface area contributed by atoms with Crippen molar-refractivity contribution in [3.8, 4) is 6.07 Å². The Balaban J connectivity index is 2.05. The van der Waals surface area contributed by atoms with Gasteiger partial charge in [-0.3, -0.25) is 0 Å². The largest absolute Gasteiger partial charge is 0.197 e. The first-order valence-electron chi connectivity index (χ1n) is 6.35. The lowest BCUT2D eigenvalue weighted by Crippen LogP contribution is -2.31. The van der Waals surface area contributed by atoms with Crippen molar-refractivity contribution < 1.29 is 0 Å². The summed E-state index contributed by atoms with van der Waals surface area (Å²) in [6.07, 6.45) is 4.07. The molecule has 1 aromatic carbocycles. The molecule has 0 saturated carbocycles. The molecule has 2 heteroatoms. The van der Waals surface area contributed by atoms with Gasteiger partial charge in [0.05, 0.1) is 11.5 Å². The van der Waals surface area contributed by atoms with E-state index in [9.17, 15) is 5.26 Å². The lowest BCUT2D eigenvalue weighted by molar-refractivity contribution is 0.450. The van der Waals surface area contributed by atoms with E-state index in [1.807, 2.05) is 0 Å². The molecule has 0 aliphatic heterocycles. The van der Waals surface area contributed by atoms with Crippen LogP contribution in [-0.2, 0) is 18.3 Å². The summed E-state index contributed by atoms with van der Waals surface area (Å²) in [4.78, 5) is 0. The van der Waals surface area contributed by atoms with Crippen molar-refractivity contribution in [2.75, 3.05) is 0 Å². The van der Waals surface area contributed by atoms with E-state index in [1.54, 1.807) is 11.3 Å². The predicted molar refractivity (Wildman–Crippen MR) is 74.7 cm³/mol. The fraction of sp³-hybridized carbons (Fsp3) is 0.312. The highest BCUT2D eigenvalue weighted by molar-refractivity contribution is 7.07. The quantitative estimate of drug-likeness (QED) is 0.791. The van der Waals surface area contributed by atoms with Crippen molar-refractivity contribution in [2.45, 2.75) is 31.1 Å². The monoisotopic (exact) mass is 253 g/mol. The highest BCUT2D eigenvalue weighted by Gasteiger charge is 2.36. The number of fused-ring (bicyclic) bond motifs is 1. The molecule has 1 nitrogen and oxygen atoms in total. The van der Waals surface area contributed by atoms with Gasteiger partial charge in [0.2, 0.25) is 0 Å². The van der Waals surface area contributed by atoms with Gasteiger partial charge in [0.1, 0.15) is 0 Å². The van der Waals surface area contributed by atoms with Gasteiger partial charge in [-0.05, 0) is 59.2 Å². The molecule has 90 valence electrons. The first-order chi connectivity index (χ1) is 8.84. The van der Waals surface area contributed by atoms with Crippen molar-refractivity contribution in [1.82, 2.24) is 0 Å². The molecule has 1 aliphatic carbocycles. The summed E-state index contributed by atoms with van der Waals surface area (Å²) in [6, 6.07) is 13.2. The molecule has 1 aliphatic rings. The van der Waals surface area contributed by atoms with Gasteiger partial charge in [0.25, 0.3) is 0 Å². The molecule has 3 rings (SSSR count). The summed E-state index contributed by atoms with van der Waals surface area (Å²) >= 11 is 1.71. The van der Waals surface area contributed by atoms with Crippen LogP contribution in [0.25, 0.3) is 0 Å². The summed E-state index contributed by atoms with van der Waals surface area (Å²) in [5.41, 5.74) is 3.60. The molecule has 0 fully saturated rings. The number of hydrogen-bond acceptors (Lipinski definition) is 2. The average molecular weight is 253 g/mol. The first-order valence-corrected chi connectivity index (χ1v) is 7.29. The van der Waals surface area contributed by atoms with Gasteiger partial charge in [0, 0.05) is 0 Å². The topological polar surface area (TPSA) is 23.8 Å². The molecule has 0 spiro atoms. The van der Waals surface area contributed by atoms with Crippen LogP contribution in [0.3, 0.4) is 0 Å². The van der Waals surface area contributed by atoms with Crippen LogP contribution in [0.4, 0.5) is 0 Å². The number of aryl methyl sites for hydroxylation is 1. The highest BCUT2D eigenvalue weighted by atomic mass is 32.1. The van der Waals surface area contributed by atoms with Crippen LogP contribution < -0.4 is 0 Å². The van der Waals surface area contributed by atoms with Crippen molar-refractivity contribution in [3.05, 3.63) is 57.8 Å². The second-order valence-electron chi connectivity index (χ2n) is 5.01. The maximum absolute atomic E-state index is 9.74. The van der Waals surface area contributed by atoms with Crippen LogP contribution in [-0.4, -0.2) is 0 Å². The van der Waals surface area contributed by atoms with E-state index in [1.165, 1.54) is 16.7 Å². The van der Waals surface area contributed by atoms with Crippen LogP contribution in [0.1, 0.15) is 29.5 Å². The molecule has 0 saturated heterocycles. The second-order valence-corrected chi connectivity index (χ2v) is 5.79. The maximum atomic E-state index is 9.74. The molecule has 1 unspecified atom stereocenters. The molecule has 2 aromatic rings. The number of rotatable bonds is 2. The van der Waals surface area contributed by atoms with Crippen molar-refractivity contribution in [2.24, 2.45) is 0 Å². The number of benzene rings is 1. The van der Waals surface area contributed by atoms with Gasteiger partial charge >= 0.3 is 0 Å². The fourth-order valence-corrected chi connectivity index (χ4v) is 3.67. The van der Waals surface area contributed by atoms with Gasteiger partial charge in [0.15, 0.2) is 0 Å². The van der Waals surface area contributed by atoms with Crippen LogP contribution >= 0.6 is 11.3 Å². The summed E-state index contributed by atoms with van der Waals surface area (Å²) in [6.45, 7) is 0. The number of nitrogens with zero attached hydrogens (tertiary/aromatic N) is 1. The molecule has 0 bridgehead atoms. The third-order valence-corrected chi connectivity index (χ3v) is 4.61. The summed E-state index contributed by atoms with van der Waals surface area (Å²) in [5.74, 6) is 0. The molecule has 1 aromatic heterocycles. The smallest absolute Gasteiger partial charge is 0.0865 e. The summed E-state index contributed by atoms with van der Waals surface area (Å²) in [5, 5.41) is 14.0. The molecule has 18 heavy (non-hydrogen) atoms. The zero-order valence-electron chi connectivity index (χ0n) is 10.2. The third kappa shape index (κ3) is 1.85. The maximum Gasteiger partial charge on any atom is 0.0865 e. The Kier molecular flexibility index (Phi) is 2.93. The van der Waals surface area contributed by atoms with E-state index in [4.69, 9.17) is 0 Å². The van der Waals surface area contributed by atoms with Crippen LogP contribution in [0, 0.1) is 11.3 Å². The van der Waals surface area contributed by atoms with E-state index in [-0.39, 0.29) is 5.41 Å². The standard InChI is InChI=1S/C16H15NS/c17-12-16(10-13-7-9-18-11-13)8-3-5-14-4-1-2-6-15(14)16/h1-2,4,6-7,9,11H,3,5,8,10H2. The van der Waals surface area contributed by atoms with Crippen LogP contribution in [0.15, 0.2) is 41.1 Å². The molecule has 1 atom stereocenters. The van der Waals surface area contributed by atoms with E-state index in [0.29, 0.717) is 0 Å². The van der Waals surface area contributed by atoms with E-state index < -0.39 is 0 Å². The van der Waals surface area contributed by atoms with Crippen LogP contribution in [0.5, 0.6) is 0 Å². The highest BCUT2D eigenvalue weighted by Crippen LogP contribution is 2.39. The lowest BCUT2D eigenvalue weighted by atomic mass is 9.68. The zero-order chi connectivity index (χ0) is 12.4. The molecule has 1 heterocycles. The summed E-state index contributed by atoms with van der Waals surface area (Å²) < 4.78 is 0. The molecule has 0 amide bonds. The van der Waals surface area contributed by atoms with Gasteiger partial charge in [-0.2, -0.15) is 16.6 Å². The Morgan fingerprint density at radius 3 is 2.94 bits per heavy atom. The minimum Gasteiger partial charge on any atom is -0.197 e. The van der Waals surface area contributed by atoms with Gasteiger partial charge in [-0.15, -0.1) is 0 Å². The van der Waals surface area contributed by atoms with Crippen molar-refractivity contribution in [3.63, 3.8) is 0 Å². The lowest BCUT2D eigenvalue weighted by Gasteiger charge is -2.33.